The van der Waals surface area contributed by atoms with Gasteiger partial charge in [0.1, 0.15) is 11.3 Å². The zero-order valence-electron chi connectivity index (χ0n) is 16.7. The van der Waals surface area contributed by atoms with Gasteiger partial charge < -0.3 is 15.7 Å². The second-order valence-corrected chi connectivity index (χ2v) is 8.45. The Kier molecular flexibility index (Phi) is 5.02. The van der Waals surface area contributed by atoms with Crippen LogP contribution in [0.1, 0.15) is 38.8 Å². The molecule has 0 saturated heterocycles. The average Bonchev–Trinajstić information content (AvgIpc) is 2.84. The maximum absolute atomic E-state index is 12.7. The molecule has 5 heteroatoms. The molecule has 1 heterocycles. The summed E-state index contributed by atoms with van der Waals surface area (Å²) in [6.07, 6.45) is 0.391. The Morgan fingerprint density at radius 2 is 1.68 bits per heavy atom. The molecule has 0 bridgehead atoms. The fourth-order valence-electron chi connectivity index (χ4n) is 3.35. The molecule has 0 fully saturated rings. The second-order valence-electron chi connectivity index (χ2n) is 8.45. The highest BCUT2D eigenvalue weighted by molar-refractivity contribution is 6.24. The van der Waals surface area contributed by atoms with Crippen molar-refractivity contribution in [3.63, 3.8) is 0 Å². The van der Waals surface area contributed by atoms with Crippen LogP contribution < -0.4 is 10.6 Å². The van der Waals surface area contributed by atoms with Crippen molar-refractivity contribution in [2.45, 2.75) is 45.1 Å². The molecule has 2 amide bonds. The van der Waals surface area contributed by atoms with Crippen LogP contribution in [0.4, 0.5) is 5.69 Å². The summed E-state index contributed by atoms with van der Waals surface area (Å²) < 4.78 is 0. The van der Waals surface area contributed by atoms with Gasteiger partial charge in [0.25, 0.3) is 11.8 Å². The van der Waals surface area contributed by atoms with Crippen molar-refractivity contribution >= 4 is 17.5 Å². The number of aliphatic hydroxyl groups excluding tert-OH is 1. The standard InChI is InChI=1S/C23H26N2O3/c1-22(2,3)16-10-12-17(13-11-16)24-20(27)18-19(26)23(4,25-21(18)28)14-15-8-6-5-7-9-15/h5-13,26H,14H2,1-4H3,(H,24,27)(H,25,28). The van der Waals surface area contributed by atoms with Crippen LogP contribution in [-0.2, 0) is 21.4 Å². The Balaban J connectivity index is 1.80. The monoisotopic (exact) mass is 378 g/mol. The number of hydrogen-bond acceptors (Lipinski definition) is 3. The summed E-state index contributed by atoms with van der Waals surface area (Å²) >= 11 is 0. The second kappa shape index (κ2) is 7.15. The van der Waals surface area contributed by atoms with Gasteiger partial charge in [0, 0.05) is 12.1 Å². The van der Waals surface area contributed by atoms with Crippen molar-refractivity contribution in [3.8, 4) is 0 Å². The van der Waals surface area contributed by atoms with Crippen LogP contribution in [0.15, 0.2) is 65.9 Å². The molecule has 3 rings (SSSR count). The van der Waals surface area contributed by atoms with E-state index in [-0.39, 0.29) is 16.7 Å². The lowest BCUT2D eigenvalue weighted by molar-refractivity contribution is -0.121. The first-order valence-corrected chi connectivity index (χ1v) is 9.32. The van der Waals surface area contributed by atoms with E-state index in [4.69, 9.17) is 0 Å². The maximum Gasteiger partial charge on any atom is 0.264 e. The molecule has 0 radical (unpaired) electrons. The minimum atomic E-state index is -1.01. The number of rotatable bonds is 4. The average molecular weight is 378 g/mol. The van der Waals surface area contributed by atoms with Gasteiger partial charge in [0.2, 0.25) is 0 Å². The van der Waals surface area contributed by atoms with E-state index in [0.717, 1.165) is 11.1 Å². The Morgan fingerprint density at radius 1 is 1.07 bits per heavy atom. The normalized spacial score (nSPS) is 19.5. The number of carbonyl (C=O) groups excluding carboxylic acids is 2. The van der Waals surface area contributed by atoms with Gasteiger partial charge in [0.05, 0.1) is 5.54 Å². The van der Waals surface area contributed by atoms with Crippen molar-refractivity contribution in [3.05, 3.63) is 77.1 Å². The molecule has 2 aromatic carbocycles. The molecule has 1 unspecified atom stereocenters. The molecular formula is C23H26N2O3. The molecule has 5 nitrogen and oxygen atoms in total. The zero-order chi connectivity index (χ0) is 20.5. The third-order valence-electron chi connectivity index (χ3n) is 5.01. The van der Waals surface area contributed by atoms with Gasteiger partial charge in [-0.05, 0) is 35.6 Å². The summed E-state index contributed by atoms with van der Waals surface area (Å²) in [7, 11) is 0. The summed E-state index contributed by atoms with van der Waals surface area (Å²) in [5.41, 5.74) is 1.42. The van der Waals surface area contributed by atoms with Crippen molar-refractivity contribution in [2.75, 3.05) is 5.32 Å². The van der Waals surface area contributed by atoms with E-state index in [2.05, 4.69) is 31.4 Å². The summed E-state index contributed by atoms with van der Waals surface area (Å²) in [5, 5.41) is 16.1. The summed E-state index contributed by atoms with van der Waals surface area (Å²) in [4.78, 5) is 25.1. The molecule has 28 heavy (non-hydrogen) atoms. The maximum atomic E-state index is 12.7. The predicted octanol–water partition coefficient (Wildman–Crippen LogP) is 3.87. The number of aliphatic hydroxyl groups is 1. The minimum absolute atomic E-state index is 0.00786. The lowest BCUT2D eigenvalue weighted by Crippen LogP contribution is -2.43. The van der Waals surface area contributed by atoms with Crippen LogP contribution in [0, 0.1) is 0 Å². The van der Waals surface area contributed by atoms with Crippen LogP contribution in [0.2, 0.25) is 0 Å². The number of anilines is 1. The summed E-state index contributed by atoms with van der Waals surface area (Å²) in [6.45, 7) is 8.05. The van der Waals surface area contributed by atoms with Crippen molar-refractivity contribution < 1.29 is 14.7 Å². The van der Waals surface area contributed by atoms with E-state index in [0.29, 0.717) is 12.1 Å². The number of amides is 2. The van der Waals surface area contributed by atoms with Gasteiger partial charge in [-0.15, -0.1) is 0 Å². The highest BCUT2D eigenvalue weighted by atomic mass is 16.3. The molecular weight excluding hydrogens is 352 g/mol. The smallest absolute Gasteiger partial charge is 0.264 e. The van der Waals surface area contributed by atoms with Crippen molar-refractivity contribution in [1.82, 2.24) is 5.32 Å². The Hall–Kier alpha value is -3.08. The highest BCUT2D eigenvalue weighted by Gasteiger charge is 2.44. The van der Waals surface area contributed by atoms with E-state index in [1.54, 1.807) is 19.1 Å². The number of nitrogens with one attached hydrogen (secondary N) is 2. The lowest BCUT2D eigenvalue weighted by Gasteiger charge is -2.24. The van der Waals surface area contributed by atoms with E-state index < -0.39 is 17.4 Å². The van der Waals surface area contributed by atoms with Gasteiger partial charge in [0.15, 0.2) is 0 Å². The third kappa shape index (κ3) is 3.93. The number of benzene rings is 2. The first kappa shape index (κ1) is 19.7. The molecule has 1 aliphatic rings. The fourth-order valence-corrected chi connectivity index (χ4v) is 3.35. The Labute approximate surface area is 165 Å². The van der Waals surface area contributed by atoms with Crippen molar-refractivity contribution in [1.29, 1.82) is 0 Å². The summed E-state index contributed by atoms with van der Waals surface area (Å²) in [5.74, 6) is -1.42. The zero-order valence-corrected chi connectivity index (χ0v) is 16.7. The van der Waals surface area contributed by atoms with Gasteiger partial charge in [-0.2, -0.15) is 0 Å². The van der Waals surface area contributed by atoms with Gasteiger partial charge in [-0.1, -0.05) is 63.2 Å². The first-order valence-electron chi connectivity index (χ1n) is 9.32. The topological polar surface area (TPSA) is 78.4 Å². The molecule has 0 saturated carbocycles. The molecule has 146 valence electrons. The van der Waals surface area contributed by atoms with E-state index in [9.17, 15) is 14.7 Å². The summed E-state index contributed by atoms with van der Waals surface area (Å²) in [6, 6.07) is 17.0. The minimum Gasteiger partial charge on any atom is -0.509 e. The molecule has 3 N–H and O–H groups in total. The van der Waals surface area contributed by atoms with Gasteiger partial charge in [-0.25, -0.2) is 0 Å². The highest BCUT2D eigenvalue weighted by Crippen LogP contribution is 2.30. The van der Waals surface area contributed by atoms with Crippen LogP contribution >= 0.6 is 0 Å². The fraction of sp³-hybridized carbons (Fsp3) is 0.304. The number of carbonyl (C=O) groups is 2. The SMILES string of the molecule is CC1(Cc2ccccc2)NC(=O)C(C(=O)Nc2ccc(C(C)(C)C)cc2)=C1O. The molecule has 2 aromatic rings. The predicted molar refractivity (Wildman–Crippen MR) is 110 cm³/mol. The molecule has 0 aliphatic carbocycles. The molecule has 1 aliphatic heterocycles. The largest absolute Gasteiger partial charge is 0.509 e. The van der Waals surface area contributed by atoms with E-state index >= 15 is 0 Å². The molecule has 1 atom stereocenters. The lowest BCUT2D eigenvalue weighted by atomic mass is 9.87. The quantitative estimate of drug-likeness (QED) is 0.707. The van der Waals surface area contributed by atoms with Crippen LogP contribution in [0.25, 0.3) is 0 Å². The van der Waals surface area contributed by atoms with Crippen LogP contribution in [0.5, 0.6) is 0 Å². The van der Waals surface area contributed by atoms with Gasteiger partial charge >= 0.3 is 0 Å². The Bertz CT molecular complexity index is 925. The Morgan fingerprint density at radius 3 is 2.25 bits per heavy atom. The molecule has 0 spiro atoms. The number of hydrogen-bond donors (Lipinski definition) is 3. The van der Waals surface area contributed by atoms with E-state index in [1.807, 2.05) is 42.5 Å². The van der Waals surface area contributed by atoms with Crippen LogP contribution in [0.3, 0.4) is 0 Å². The van der Waals surface area contributed by atoms with E-state index in [1.165, 1.54) is 0 Å². The van der Waals surface area contributed by atoms with Crippen molar-refractivity contribution in [2.24, 2.45) is 0 Å². The first-order chi connectivity index (χ1) is 13.1. The molecule has 0 aromatic heterocycles. The third-order valence-corrected chi connectivity index (χ3v) is 5.01. The van der Waals surface area contributed by atoms with Gasteiger partial charge in [-0.3, -0.25) is 9.59 Å². The van der Waals surface area contributed by atoms with Crippen LogP contribution in [-0.4, -0.2) is 22.5 Å².